The lowest BCUT2D eigenvalue weighted by atomic mass is 10.3. The second-order valence-corrected chi connectivity index (χ2v) is 2.64. The summed E-state index contributed by atoms with van der Waals surface area (Å²) in [5, 5.41) is 17.7. The number of aliphatic hydroxyl groups excluding tert-OH is 1. The van der Waals surface area contributed by atoms with E-state index in [0.717, 1.165) is 0 Å². The molecule has 0 saturated heterocycles. The van der Waals surface area contributed by atoms with Gasteiger partial charge in [-0.15, -0.1) is 0 Å². The van der Waals surface area contributed by atoms with Gasteiger partial charge in [0.05, 0.1) is 6.61 Å². The molecule has 0 aliphatic heterocycles. The first kappa shape index (κ1) is 8.88. The predicted molar refractivity (Wildman–Crippen MR) is 36.0 cm³/mol. The van der Waals surface area contributed by atoms with Crippen molar-refractivity contribution in [1.29, 1.82) is 0 Å². The summed E-state index contributed by atoms with van der Waals surface area (Å²) < 4.78 is 0. The molecule has 0 amide bonds. The van der Waals surface area contributed by atoms with E-state index in [1.807, 2.05) is 0 Å². The van der Waals surface area contributed by atoms with E-state index in [-0.39, 0.29) is 6.61 Å². The normalized spacial score (nSPS) is 12.7. The summed E-state index contributed by atoms with van der Waals surface area (Å²) >= 11 is 0. The zero-order valence-corrected chi connectivity index (χ0v) is 6.26. The van der Waals surface area contributed by atoms with Crippen molar-refractivity contribution >= 4 is 0 Å². The van der Waals surface area contributed by atoms with Crippen LogP contribution in [0.15, 0.2) is 0 Å². The van der Waals surface area contributed by atoms with Crippen molar-refractivity contribution in [3.63, 3.8) is 0 Å². The Hall–Kier alpha value is -0.120. The molecule has 0 radical (unpaired) electrons. The molecular weight excluding hydrogens is 118 g/mol. The fraction of sp³-hybridized carbons (Fsp3) is 1.00. The van der Waals surface area contributed by atoms with Crippen molar-refractivity contribution in [1.82, 2.24) is 4.90 Å². The Kier molecular flexibility index (Phi) is 3.11. The van der Waals surface area contributed by atoms with Crippen LogP contribution in [0.5, 0.6) is 0 Å². The predicted octanol–water partition coefficient (Wildman–Crippen LogP) is -0.361. The van der Waals surface area contributed by atoms with Gasteiger partial charge < -0.3 is 10.2 Å². The van der Waals surface area contributed by atoms with E-state index in [1.54, 1.807) is 25.8 Å². The van der Waals surface area contributed by atoms with Gasteiger partial charge in [0.1, 0.15) is 5.72 Å². The topological polar surface area (TPSA) is 43.7 Å². The molecule has 3 nitrogen and oxygen atoms in total. The number of nitrogens with zero attached hydrogens (tertiary/aromatic N) is 1. The van der Waals surface area contributed by atoms with E-state index in [4.69, 9.17) is 5.11 Å². The molecule has 9 heavy (non-hydrogen) atoms. The zero-order valence-electron chi connectivity index (χ0n) is 6.26. The summed E-state index contributed by atoms with van der Waals surface area (Å²) in [6.07, 6.45) is 0. The number of hydrogen-bond donors (Lipinski definition) is 2. The molecule has 0 aromatic rings. The molecule has 2 N–H and O–H groups in total. The van der Waals surface area contributed by atoms with E-state index >= 15 is 0 Å². The van der Waals surface area contributed by atoms with E-state index in [1.165, 1.54) is 0 Å². The van der Waals surface area contributed by atoms with Crippen LogP contribution in [0.1, 0.15) is 13.8 Å². The van der Waals surface area contributed by atoms with Crippen molar-refractivity contribution < 1.29 is 10.2 Å². The van der Waals surface area contributed by atoms with Crippen LogP contribution < -0.4 is 0 Å². The summed E-state index contributed by atoms with van der Waals surface area (Å²) in [5.74, 6) is 0. The highest BCUT2D eigenvalue weighted by atomic mass is 16.3. The Morgan fingerprint density at radius 1 is 1.44 bits per heavy atom. The van der Waals surface area contributed by atoms with Crippen LogP contribution in [0.25, 0.3) is 0 Å². The molecule has 0 bridgehead atoms. The first-order valence-corrected chi connectivity index (χ1v) is 3.03. The van der Waals surface area contributed by atoms with Gasteiger partial charge in [-0.3, -0.25) is 4.90 Å². The molecule has 0 aromatic heterocycles. The maximum atomic E-state index is 9.23. The summed E-state index contributed by atoms with van der Waals surface area (Å²) in [5.41, 5.74) is -0.817. The van der Waals surface area contributed by atoms with Crippen molar-refractivity contribution in [2.75, 3.05) is 20.2 Å². The smallest absolute Gasteiger partial charge is 0.112 e. The van der Waals surface area contributed by atoms with Gasteiger partial charge >= 0.3 is 0 Å². The largest absolute Gasteiger partial charge is 0.395 e. The minimum atomic E-state index is -0.817. The molecule has 0 atom stereocenters. The van der Waals surface area contributed by atoms with Crippen LogP contribution in [0, 0.1) is 0 Å². The van der Waals surface area contributed by atoms with Gasteiger partial charge in [0.25, 0.3) is 0 Å². The number of aliphatic hydroxyl groups is 2. The highest BCUT2D eigenvalue weighted by Crippen LogP contribution is 2.04. The lowest BCUT2D eigenvalue weighted by molar-refractivity contribution is -0.0683. The highest BCUT2D eigenvalue weighted by molar-refractivity contribution is 4.63. The molecular formula is C6H15NO2. The van der Waals surface area contributed by atoms with Gasteiger partial charge in [-0.1, -0.05) is 0 Å². The molecule has 3 heteroatoms. The molecule has 0 fully saturated rings. The lowest BCUT2D eigenvalue weighted by Crippen LogP contribution is -2.42. The molecule has 56 valence electrons. The van der Waals surface area contributed by atoms with E-state index in [2.05, 4.69) is 0 Å². The second-order valence-electron chi connectivity index (χ2n) is 2.64. The van der Waals surface area contributed by atoms with Crippen molar-refractivity contribution in [2.45, 2.75) is 19.6 Å². The number of rotatable bonds is 3. The molecule has 0 rings (SSSR count). The fourth-order valence-corrected chi connectivity index (χ4v) is 0.424. The number of likely N-dealkylation sites (N-methyl/N-ethyl adjacent to an activating group) is 1. The Morgan fingerprint density at radius 2 is 1.89 bits per heavy atom. The standard InChI is InChI=1S/C6H15NO2/c1-6(2,9)7(3)4-5-8/h8-9H,4-5H2,1-3H3. The van der Waals surface area contributed by atoms with Gasteiger partial charge in [0, 0.05) is 6.54 Å². The molecule has 0 unspecified atom stereocenters. The first-order valence-electron chi connectivity index (χ1n) is 3.03. The second kappa shape index (κ2) is 3.15. The third-order valence-corrected chi connectivity index (χ3v) is 1.37. The van der Waals surface area contributed by atoms with Crippen molar-refractivity contribution in [3.05, 3.63) is 0 Å². The monoisotopic (exact) mass is 133 g/mol. The summed E-state index contributed by atoms with van der Waals surface area (Å²) in [4.78, 5) is 1.67. The van der Waals surface area contributed by atoms with Gasteiger partial charge in [0.15, 0.2) is 0 Å². The van der Waals surface area contributed by atoms with Gasteiger partial charge in [-0.05, 0) is 20.9 Å². The first-order chi connectivity index (χ1) is 3.98. The SMILES string of the molecule is CN(CCO)C(C)(C)O. The Labute approximate surface area is 55.9 Å². The lowest BCUT2D eigenvalue weighted by Gasteiger charge is -2.29. The van der Waals surface area contributed by atoms with Crippen LogP contribution in [-0.2, 0) is 0 Å². The highest BCUT2D eigenvalue weighted by Gasteiger charge is 2.17. The van der Waals surface area contributed by atoms with Gasteiger partial charge in [-0.2, -0.15) is 0 Å². The minimum Gasteiger partial charge on any atom is -0.395 e. The Bertz CT molecular complexity index is 77.6. The minimum absolute atomic E-state index is 0.0838. The van der Waals surface area contributed by atoms with Crippen LogP contribution in [-0.4, -0.2) is 41.0 Å². The number of hydrogen-bond acceptors (Lipinski definition) is 3. The van der Waals surface area contributed by atoms with Crippen LogP contribution in [0.4, 0.5) is 0 Å². The fourth-order valence-electron chi connectivity index (χ4n) is 0.424. The molecule has 0 saturated carbocycles. The van der Waals surface area contributed by atoms with Crippen molar-refractivity contribution in [2.24, 2.45) is 0 Å². The maximum Gasteiger partial charge on any atom is 0.112 e. The third kappa shape index (κ3) is 3.46. The van der Waals surface area contributed by atoms with E-state index in [0.29, 0.717) is 6.54 Å². The van der Waals surface area contributed by atoms with Crippen LogP contribution in [0.3, 0.4) is 0 Å². The van der Waals surface area contributed by atoms with Crippen LogP contribution in [0.2, 0.25) is 0 Å². The summed E-state index contributed by atoms with van der Waals surface area (Å²) in [6, 6.07) is 0. The molecule has 0 aromatic carbocycles. The van der Waals surface area contributed by atoms with Gasteiger partial charge in [0.2, 0.25) is 0 Å². The molecule has 0 aliphatic carbocycles. The third-order valence-electron chi connectivity index (χ3n) is 1.37. The molecule has 0 spiro atoms. The average Bonchev–Trinajstić information content (AvgIpc) is 1.64. The molecule has 0 heterocycles. The van der Waals surface area contributed by atoms with Crippen LogP contribution >= 0.6 is 0 Å². The summed E-state index contributed by atoms with van der Waals surface area (Å²) in [7, 11) is 1.76. The maximum absolute atomic E-state index is 9.23. The Morgan fingerprint density at radius 3 is 2.00 bits per heavy atom. The molecule has 0 aliphatic rings. The quantitative estimate of drug-likeness (QED) is 0.517. The average molecular weight is 133 g/mol. The van der Waals surface area contributed by atoms with Crippen molar-refractivity contribution in [3.8, 4) is 0 Å². The zero-order chi connectivity index (χ0) is 7.49. The summed E-state index contributed by atoms with van der Waals surface area (Å²) in [6.45, 7) is 3.95. The van der Waals surface area contributed by atoms with E-state index in [9.17, 15) is 5.11 Å². The van der Waals surface area contributed by atoms with E-state index < -0.39 is 5.72 Å². The van der Waals surface area contributed by atoms with Gasteiger partial charge in [-0.25, -0.2) is 0 Å². The Balaban J connectivity index is 3.59.